The second kappa shape index (κ2) is 3.17. The third-order valence-electron chi connectivity index (χ3n) is 2.17. The summed E-state index contributed by atoms with van der Waals surface area (Å²) in [6.07, 6.45) is 0.296. The Bertz CT molecular complexity index is 385. The molecule has 1 aliphatic heterocycles. The lowest BCUT2D eigenvalue weighted by Gasteiger charge is -2.12. The Morgan fingerprint density at radius 3 is 2.71 bits per heavy atom. The fraction of sp³-hybridized carbons (Fsp3) is 0.571. The molecule has 0 aromatic carbocycles. The van der Waals surface area contributed by atoms with Crippen LogP contribution in [0.4, 0.5) is 0 Å². The van der Waals surface area contributed by atoms with Crippen molar-refractivity contribution in [1.82, 2.24) is 25.1 Å². The van der Waals surface area contributed by atoms with Crippen LogP contribution in [0, 0.1) is 0 Å². The Balaban J connectivity index is 2.09. The minimum atomic E-state index is -0.437. The number of aryl methyl sites for hydroxylation is 1. The van der Waals surface area contributed by atoms with Crippen LogP contribution in [0.3, 0.4) is 0 Å². The Labute approximate surface area is 79.7 Å². The summed E-state index contributed by atoms with van der Waals surface area (Å²) in [5.74, 6) is -0.193. The van der Waals surface area contributed by atoms with Gasteiger partial charge < -0.3 is 4.90 Å². The Morgan fingerprint density at radius 2 is 2.21 bits per heavy atom. The van der Waals surface area contributed by atoms with E-state index in [0.717, 1.165) is 0 Å². The molecule has 0 atom stereocenters. The van der Waals surface area contributed by atoms with Crippen molar-refractivity contribution in [3.63, 3.8) is 0 Å². The van der Waals surface area contributed by atoms with Gasteiger partial charge in [0.25, 0.3) is 5.91 Å². The fourth-order valence-corrected chi connectivity index (χ4v) is 1.32. The molecular weight excluding hydrogens is 186 g/mol. The van der Waals surface area contributed by atoms with Crippen LogP contribution in [0.5, 0.6) is 0 Å². The van der Waals surface area contributed by atoms with Gasteiger partial charge in [-0.2, -0.15) is 0 Å². The maximum Gasteiger partial charge on any atom is 0.290 e. The number of ketones is 1. The number of hydrogen-bond donors (Lipinski definition) is 0. The van der Waals surface area contributed by atoms with Crippen LogP contribution in [0.15, 0.2) is 0 Å². The van der Waals surface area contributed by atoms with Crippen molar-refractivity contribution in [3.8, 4) is 0 Å². The van der Waals surface area contributed by atoms with E-state index >= 15 is 0 Å². The zero-order valence-corrected chi connectivity index (χ0v) is 7.67. The molecule has 2 heterocycles. The summed E-state index contributed by atoms with van der Waals surface area (Å²) < 4.78 is 1.48. The molecule has 1 fully saturated rings. The topological polar surface area (TPSA) is 81.0 Å². The molecule has 74 valence electrons. The Hall–Kier alpha value is -1.79. The average Bonchev–Trinajstić information content (AvgIpc) is 2.68. The molecule has 0 aliphatic carbocycles. The minimum absolute atomic E-state index is 0.296. The van der Waals surface area contributed by atoms with Crippen molar-refractivity contribution in [1.29, 1.82) is 0 Å². The first kappa shape index (κ1) is 8.79. The van der Waals surface area contributed by atoms with Gasteiger partial charge in [0.2, 0.25) is 5.78 Å². The predicted molar refractivity (Wildman–Crippen MR) is 43.8 cm³/mol. The van der Waals surface area contributed by atoms with Gasteiger partial charge >= 0.3 is 0 Å². The van der Waals surface area contributed by atoms with E-state index in [1.165, 1.54) is 9.58 Å². The number of tetrazole rings is 1. The molecular formula is C7H9N5O2. The van der Waals surface area contributed by atoms with Gasteiger partial charge in [0.15, 0.2) is 5.82 Å². The van der Waals surface area contributed by atoms with Crippen molar-refractivity contribution < 1.29 is 9.59 Å². The maximum atomic E-state index is 11.2. The van der Waals surface area contributed by atoms with Gasteiger partial charge in [-0.25, -0.2) is 4.68 Å². The highest BCUT2D eigenvalue weighted by molar-refractivity contribution is 6.37. The summed E-state index contributed by atoms with van der Waals surface area (Å²) in [6.45, 7) is 0.763. The largest absolute Gasteiger partial charge is 0.328 e. The number of rotatable bonds is 2. The molecule has 7 heteroatoms. The second-order valence-electron chi connectivity index (χ2n) is 3.12. The molecule has 2 rings (SSSR count). The van der Waals surface area contributed by atoms with Crippen molar-refractivity contribution in [2.45, 2.75) is 13.0 Å². The summed E-state index contributed by atoms with van der Waals surface area (Å²) >= 11 is 0. The molecule has 1 aromatic heterocycles. The Morgan fingerprint density at radius 1 is 1.43 bits per heavy atom. The number of nitrogens with zero attached hydrogens (tertiary/aromatic N) is 5. The zero-order valence-electron chi connectivity index (χ0n) is 7.67. The van der Waals surface area contributed by atoms with Crippen molar-refractivity contribution >= 4 is 11.7 Å². The quantitative estimate of drug-likeness (QED) is 0.537. The Kier molecular flexibility index (Phi) is 1.99. The van der Waals surface area contributed by atoms with Crippen LogP contribution < -0.4 is 0 Å². The number of Topliss-reactive ketones (excluding diaryl/α,β-unsaturated/α-hetero) is 1. The van der Waals surface area contributed by atoms with Gasteiger partial charge in [-0.1, -0.05) is 0 Å². The lowest BCUT2D eigenvalue weighted by molar-refractivity contribution is -0.140. The van der Waals surface area contributed by atoms with Gasteiger partial charge in [0.1, 0.15) is 0 Å². The van der Waals surface area contributed by atoms with Gasteiger partial charge in [0.05, 0.1) is 6.54 Å². The van der Waals surface area contributed by atoms with Crippen LogP contribution in [-0.4, -0.2) is 43.3 Å². The standard InChI is InChI=1S/C7H9N5O2/c1-11-6(8-9-10-11)4-12-3-2-5(13)7(12)14/h2-4H2,1H3. The smallest absolute Gasteiger partial charge is 0.290 e. The molecule has 0 bridgehead atoms. The molecule has 14 heavy (non-hydrogen) atoms. The molecule has 0 N–H and O–H groups in total. The molecule has 1 aliphatic rings. The third-order valence-corrected chi connectivity index (χ3v) is 2.17. The van der Waals surface area contributed by atoms with Gasteiger partial charge in [0, 0.05) is 20.0 Å². The predicted octanol–water partition coefficient (Wildman–Crippen LogP) is -1.49. The van der Waals surface area contributed by atoms with Crippen LogP contribution in [0.2, 0.25) is 0 Å². The van der Waals surface area contributed by atoms with E-state index in [9.17, 15) is 9.59 Å². The lowest BCUT2D eigenvalue weighted by Crippen LogP contribution is -2.28. The SMILES string of the molecule is Cn1nnnc1CN1CCC(=O)C1=O. The average molecular weight is 195 g/mol. The van der Waals surface area contributed by atoms with Crippen LogP contribution in [0.25, 0.3) is 0 Å². The molecule has 1 saturated heterocycles. The number of aromatic nitrogens is 4. The summed E-state index contributed by atoms with van der Waals surface area (Å²) in [7, 11) is 1.69. The molecule has 0 saturated carbocycles. The summed E-state index contributed by atoms with van der Waals surface area (Å²) in [5.41, 5.74) is 0. The summed E-state index contributed by atoms with van der Waals surface area (Å²) in [4.78, 5) is 23.6. The highest BCUT2D eigenvalue weighted by Crippen LogP contribution is 2.09. The number of likely N-dealkylation sites (tertiary alicyclic amines) is 1. The van der Waals surface area contributed by atoms with E-state index in [4.69, 9.17) is 0 Å². The molecule has 0 radical (unpaired) electrons. The first-order valence-electron chi connectivity index (χ1n) is 4.22. The van der Waals surface area contributed by atoms with Gasteiger partial charge in [-0.3, -0.25) is 9.59 Å². The van der Waals surface area contributed by atoms with Crippen molar-refractivity contribution in [2.75, 3.05) is 6.54 Å². The number of carbonyl (C=O) groups is 2. The van der Waals surface area contributed by atoms with Crippen LogP contribution >= 0.6 is 0 Å². The van der Waals surface area contributed by atoms with Crippen molar-refractivity contribution in [3.05, 3.63) is 5.82 Å². The normalized spacial score (nSPS) is 16.8. The van der Waals surface area contributed by atoms with E-state index in [0.29, 0.717) is 25.3 Å². The van der Waals surface area contributed by atoms with Gasteiger partial charge in [-0.15, -0.1) is 5.10 Å². The fourth-order valence-electron chi connectivity index (χ4n) is 1.32. The van der Waals surface area contributed by atoms with Crippen molar-refractivity contribution in [2.24, 2.45) is 7.05 Å². The monoisotopic (exact) mass is 195 g/mol. The van der Waals surface area contributed by atoms with Crippen LogP contribution in [0.1, 0.15) is 12.2 Å². The van der Waals surface area contributed by atoms with E-state index in [2.05, 4.69) is 15.5 Å². The molecule has 0 unspecified atom stereocenters. The molecule has 0 spiro atoms. The highest BCUT2D eigenvalue weighted by Gasteiger charge is 2.29. The number of amides is 1. The zero-order chi connectivity index (χ0) is 10.1. The number of carbonyl (C=O) groups excluding carboxylic acids is 2. The van der Waals surface area contributed by atoms with E-state index < -0.39 is 5.91 Å². The van der Waals surface area contributed by atoms with E-state index in [1.807, 2.05) is 0 Å². The summed E-state index contributed by atoms with van der Waals surface area (Å²) in [5, 5.41) is 10.8. The molecule has 7 nitrogen and oxygen atoms in total. The van der Waals surface area contributed by atoms with Crippen LogP contribution in [-0.2, 0) is 23.2 Å². The van der Waals surface area contributed by atoms with Gasteiger partial charge in [-0.05, 0) is 10.4 Å². The number of hydrogen-bond acceptors (Lipinski definition) is 5. The molecule has 1 aromatic rings. The van der Waals surface area contributed by atoms with E-state index in [1.54, 1.807) is 7.05 Å². The molecule has 1 amide bonds. The summed E-state index contributed by atoms with van der Waals surface area (Å²) in [6, 6.07) is 0. The highest BCUT2D eigenvalue weighted by atomic mass is 16.2. The van der Waals surface area contributed by atoms with E-state index in [-0.39, 0.29) is 5.78 Å². The second-order valence-corrected chi connectivity index (χ2v) is 3.12. The third kappa shape index (κ3) is 1.36. The first-order chi connectivity index (χ1) is 6.68. The first-order valence-corrected chi connectivity index (χ1v) is 4.22. The lowest BCUT2D eigenvalue weighted by atomic mass is 10.3. The maximum absolute atomic E-state index is 11.2. The minimum Gasteiger partial charge on any atom is -0.328 e.